The van der Waals surface area contributed by atoms with E-state index >= 15 is 0 Å². The quantitative estimate of drug-likeness (QED) is 0.317. The van der Waals surface area contributed by atoms with Crippen molar-refractivity contribution < 1.29 is 0 Å². The predicted molar refractivity (Wildman–Crippen MR) is 30.4 cm³/mol. The number of hydrogen-bond donors (Lipinski definition) is 0. The van der Waals surface area contributed by atoms with Crippen LogP contribution < -0.4 is 0 Å². The molecular formula is C3H9PSi+. The molecule has 0 spiro atoms. The molecule has 0 aliphatic carbocycles. The van der Waals surface area contributed by atoms with Crippen LogP contribution in [0.3, 0.4) is 0 Å². The Kier molecular flexibility index (Phi) is 1.58. The van der Waals surface area contributed by atoms with Crippen molar-refractivity contribution in [3.8, 4) is 0 Å². The fourth-order valence-electron chi connectivity index (χ4n) is 0. The molecule has 0 aromatic heterocycles. The van der Waals surface area contributed by atoms with Gasteiger partial charge in [-0.15, -0.1) is 0 Å². The molecule has 0 fully saturated rings. The third-order valence-corrected chi connectivity index (χ3v) is 0. The summed E-state index contributed by atoms with van der Waals surface area (Å²) in [5.41, 5.74) is 0. The second kappa shape index (κ2) is 1.40. The van der Waals surface area contributed by atoms with Gasteiger partial charge in [0.25, 0.3) is 0 Å². The summed E-state index contributed by atoms with van der Waals surface area (Å²) in [5.74, 6) is 0. The summed E-state index contributed by atoms with van der Waals surface area (Å²) in [6, 6.07) is 0. The third-order valence-electron chi connectivity index (χ3n) is 0. The molecule has 0 N–H and O–H groups in total. The highest BCUT2D eigenvalue weighted by Gasteiger charge is 2.05. The van der Waals surface area contributed by atoms with E-state index in [0.717, 1.165) is 0 Å². The zero-order valence-corrected chi connectivity index (χ0v) is 5.84. The maximum atomic E-state index is 3.53. The second-order valence-electron chi connectivity index (χ2n) is 2.01. The maximum absolute atomic E-state index is 3.53. The summed E-state index contributed by atoms with van der Waals surface area (Å²) in [7, 11) is 3.53. The Bertz CT molecular complexity index is 22.4. The van der Waals surface area contributed by atoms with Crippen molar-refractivity contribution in [3.05, 3.63) is 0 Å². The molecule has 0 heterocycles. The van der Waals surface area contributed by atoms with Crippen LogP contribution in [0.25, 0.3) is 0 Å². The Morgan fingerprint density at radius 1 is 1.20 bits per heavy atom. The van der Waals surface area contributed by atoms with E-state index in [2.05, 4.69) is 29.9 Å². The van der Waals surface area contributed by atoms with E-state index in [9.17, 15) is 0 Å². The second-order valence-corrected chi connectivity index (χ2v) is 10.1. The van der Waals surface area contributed by atoms with Crippen LogP contribution in [0.5, 0.6) is 0 Å². The van der Waals surface area contributed by atoms with Crippen LogP contribution in [0.1, 0.15) is 0 Å². The molecule has 0 amide bonds. The lowest BCUT2D eigenvalue weighted by Crippen LogP contribution is -1.77. The van der Waals surface area contributed by atoms with Crippen LogP contribution >= 0.6 is 6.81 Å². The van der Waals surface area contributed by atoms with Crippen molar-refractivity contribution in [1.82, 2.24) is 0 Å². The normalized spacial score (nSPS) is 12.0. The minimum absolute atomic E-state index is 0.583. The topological polar surface area (TPSA) is 0 Å². The fraction of sp³-hybridized carbons (Fsp3) is 1.00. The van der Waals surface area contributed by atoms with Gasteiger partial charge in [0.15, 0.2) is 0 Å². The lowest BCUT2D eigenvalue weighted by Gasteiger charge is -1.96. The highest BCUT2D eigenvalue weighted by Crippen LogP contribution is 2.38. The first-order valence-electron chi connectivity index (χ1n) is 1.57. The Morgan fingerprint density at radius 3 is 1.20 bits per heavy atom. The highest BCUT2D eigenvalue weighted by atomic mass is 31.4. The van der Waals surface area contributed by atoms with Crippen LogP contribution in [0.15, 0.2) is 0 Å². The zero-order valence-electron chi connectivity index (χ0n) is 3.95. The molecule has 0 aromatic rings. The molecule has 0 saturated heterocycles. The molecule has 0 unspecified atom stereocenters. The summed E-state index contributed by atoms with van der Waals surface area (Å²) in [6.45, 7) is 6.05. The van der Waals surface area contributed by atoms with Crippen molar-refractivity contribution in [2.75, 3.05) is 20.0 Å². The van der Waals surface area contributed by atoms with Crippen LogP contribution in [-0.2, 0) is 0 Å². The predicted octanol–water partition coefficient (Wildman–Crippen LogP) is 0.977. The van der Waals surface area contributed by atoms with E-state index in [0.29, 0.717) is 0 Å². The molecule has 0 aromatic carbocycles. The van der Waals surface area contributed by atoms with Crippen molar-refractivity contribution in [1.29, 1.82) is 0 Å². The Morgan fingerprint density at radius 2 is 1.20 bits per heavy atom. The zero-order chi connectivity index (χ0) is 4.50. The molecule has 0 saturated carbocycles. The van der Waals surface area contributed by atoms with Crippen LogP contribution in [0, 0.1) is 0 Å². The van der Waals surface area contributed by atoms with E-state index in [1.165, 1.54) is 0 Å². The summed E-state index contributed by atoms with van der Waals surface area (Å²) >= 11 is 0. The van der Waals surface area contributed by atoms with E-state index in [-0.39, 0.29) is 0 Å². The first kappa shape index (κ1) is 5.65. The maximum Gasteiger partial charge on any atom is 0.327 e. The SMILES string of the molecule is C[P+](C)(C)[Si]. The van der Waals surface area contributed by atoms with Crippen molar-refractivity contribution in [2.24, 2.45) is 0 Å². The molecule has 0 bridgehead atoms. The lowest BCUT2D eigenvalue weighted by atomic mass is 11.9. The summed E-state index contributed by atoms with van der Waals surface area (Å²) < 4.78 is 0. The molecule has 0 rings (SSSR count). The summed E-state index contributed by atoms with van der Waals surface area (Å²) in [5, 5.41) is 0. The van der Waals surface area contributed by atoms with Gasteiger partial charge in [0.05, 0.1) is 0 Å². The molecule has 0 aliphatic heterocycles. The third kappa shape index (κ3) is 77.8. The number of hydrogen-bond acceptors (Lipinski definition) is 0. The Labute approximate surface area is 37.6 Å². The van der Waals surface area contributed by atoms with E-state index in [1.807, 2.05) is 0 Å². The van der Waals surface area contributed by atoms with E-state index in [4.69, 9.17) is 0 Å². The molecule has 29 valence electrons. The summed E-state index contributed by atoms with van der Waals surface area (Å²) in [4.78, 5) is 0. The van der Waals surface area contributed by atoms with Gasteiger partial charge >= 0.3 is 9.91 Å². The van der Waals surface area contributed by atoms with Crippen molar-refractivity contribution >= 4 is 16.7 Å². The minimum atomic E-state index is -0.583. The van der Waals surface area contributed by atoms with Gasteiger partial charge in [0.1, 0.15) is 0 Å². The summed E-state index contributed by atoms with van der Waals surface area (Å²) in [6.07, 6.45) is 0. The highest BCUT2D eigenvalue weighted by molar-refractivity contribution is 7.95. The molecule has 0 aliphatic rings. The van der Waals surface area contributed by atoms with Gasteiger partial charge in [0.2, 0.25) is 0 Å². The monoisotopic (exact) mass is 104 g/mol. The van der Waals surface area contributed by atoms with E-state index < -0.39 is 6.81 Å². The molecule has 2 heteroatoms. The standard InChI is InChI=1S/C3H9PSi/c1-4(2,3)5/h1-3H3/q+1. The molecule has 3 radical (unpaired) electrons. The molecule has 5 heavy (non-hydrogen) atoms. The van der Waals surface area contributed by atoms with Gasteiger partial charge in [-0.2, -0.15) is 0 Å². The van der Waals surface area contributed by atoms with Gasteiger partial charge in [0, 0.05) is 20.0 Å². The largest absolute Gasteiger partial charge is 0.327 e. The first-order chi connectivity index (χ1) is 2.00. The average Bonchev–Trinajstić information content (AvgIpc) is 0.722. The molecule has 0 nitrogen and oxygen atoms in total. The van der Waals surface area contributed by atoms with Crippen molar-refractivity contribution in [2.45, 2.75) is 0 Å². The fourth-order valence-corrected chi connectivity index (χ4v) is 0. The first-order valence-corrected chi connectivity index (χ1v) is 6.04. The van der Waals surface area contributed by atoms with Gasteiger partial charge in [-0.05, 0) is 6.81 Å². The average molecular weight is 104 g/mol. The van der Waals surface area contributed by atoms with Gasteiger partial charge in [-0.25, -0.2) is 0 Å². The van der Waals surface area contributed by atoms with Gasteiger partial charge < -0.3 is 0 Å². The van der Waals surface area contributed by atoms with Crippen molar-refractivity contribution in [3.63, 3.8) is 0 Å². The smallest absolute Gasteiger partial charge is 0.0283 e. The minimum Gasteiger partial charge on any atom is -0.0283 e. The van der Waals surface area contributed by atoms with Gasteiger partial charge in [-0.3, -0.25) is 0 Å². The lowest BCUT2D eigenvalue weighted by molar-refractivity contribution is 2.10. The van der Waals surface area contributed by atoms with Crippen LogP contribution in [0.2, 0.25) is 0 Å². The van der Waals surface area contributed by atoms with E-state index in [1.54, 1.807) is 0 Å². The van der Waals surface area contributed by atoms with Crippen LogP contribution in [0.4, 0.5) is 0 Å². The number of rotatable bonds is 0. The Hall–Kier alpha value is 0.647. The van der Waals surface area contributed by atoms with Crippen LogP contribution in [-0.4, -0.2) is 29.9 Å². The van der Waals surface area contributed by atoms with Gasteiger partial charge in [-0.1, -0.05) is 0 Å². The molecule has 0 atom stereocenters. The Balaban J connectivity index is 3.02. The molecular weight excluding hydrogens is 95.1 g/mol.